The molecule has 6 heteroatoms. The Kier molecular flexibility index (Phi) is 59.7. The quantitative estimate of drug-likeness (QED) is 0.0261. The second-order valence-corrected chi connectivity index (χ2v) is 21.7. The summed E-state index contributed by atoms with van der Waals surface area (Å²) >= 11 is 0. The lowest BCUT2D eigenvalue weighted by Crippen LogP contribution is -2.30. The Balaban J connectivity index is 4.32. The van der Waals surface area contributed by atoms with Crippen LogP contribution >= 0.6 is 0 Å². The molecule has 0 aliphatic carbocycles. The molecule has 0 aromatic rings. The maximum Gasteiger partial charge on any atom is 0.306 e. The third kappa shape index (κ3) is 60.1. The molecule has 0 aliphatic heterocycles. The molecule has 0 rings (SSSR count). The number of esters is 3. The van der Waals surface area contributed by atoms with Crippen LogP contribution in [-0.2, 0) is 28.6 Å². The van der Waals surface area contributed by atoms with E-state index in [0.717, 1.165) is 70.6 Å². The standard InChI is InChI=1S/C67H122O6/c1-4-7-10-13-16-19-22-25-27-29-31-33-35-37-39-42-45-48-51-54-57-60-66(69)72-63-64(62-71-65(68)59-56-53-50-47-44-41-24-21-18-15-12-9-6-3)73-67(70)61-58-55-52-49-46-43-40-38-36-34-32-30-28-26-23-20-17-14-11-8-5-2/h22-23,25-26,29-32,64H,4-21,24,27-28,33-63H2,1-3H3/b25-22-,26-23-,31-29-,32-30-. The molecule has 0 fully saturated rings. The van der Waals surface area contributed by atoms with E-state index < -0.39 is 6.10 Å². The fourth-order valence-electron chi connectivity index (χ4n) is 9.45. The van der Waals surface area contributed by atoms with Gasteiger partial charge in [0.15, 0.2) is 6.10 Å². The molecule has 0 spiro atoms. The summed E-state index contributed by atoms with van der Waals surface area (Å²) in [6.45, 7) is 6.66. The first kappa shape index (κ1) is 70.4. The highest BCUT2D eigenvalue weighted by Crippen LogP contribution is 2.17. The van der Waals surface area contributed by atoms with Crippen LogP contribution in [0.3, 0.4) is 0 Å². The van der Waals surface area contributed by atoms with Gasteiger partial charge in [0, 0.05) is 19.3 Å². The van der Waals surface area contributed by atoms with Gasteiger partial charge in [-0.2, -0.15) is 0 Å². The molecule has 1 atom stereocenters. The van der Waals surface area contributed by atoms with Crippen LogP contribution < -0.4 is 0 Å². The molecule has 0 saturated heterocycles. The van der Waals surface area contributed by atoms with Gasteiger partial charge in [-0.05, 0) is 83.5 Å². The topological polar surface area (TPSA) is 78.9 Å². The number of hydrogen-bond acceptors (Lipinski definition) is 6. The molecule has 0 heterocycles. The van der Waals surface area contributed by atoms with E-state index >= 15 is 0 Å². The number of rotatable bonds is 59. The van der Waals surface area contributed by atoms with Gasteiger partial charge in [-0.25, -0.2) is 0 Å². The fourth-order valence-corrected chi connectivity index (χ4v) is 9.45. The molecule has 0 aromatic heterocycles. The molecule has 0 N–H and O–H groups in total. The Morgan fingerprint density at radius 2 is 0.493 bits per heavy atom. The van der Waals surface area contributed by atoms with Gasteiger partial charge in [0.2, 0.25) is 0 Å². The summed E-state index contributed by atoms with van der Waals surface area (Å²) in [6.07, 6.45) is 76.8. The Morgan fingerprint density at radius 1 is 0.274 bits per heavy atom. The summed E-state index contributed by atoms with van der Waals surface area (Å²) in [7, 11) is 0. The Morgan fingerprint density at radius 3 is 0.753 bits per heavy atom. The van der Waals surface area contributed by atoms with E-state index in [-0.39, 0.29) is 31.1 Å². The van der Waals surface area contributed by atoms with Crippen LogP contribution in [0, 0.1) is 0 Å². The summed E-state index contributed by atoms with van der Waals surface area (Å²) in [5, 5.41) is 0. The highest BCUT2D eigenvalue weighted by molar-refractivity contribution is 5.71. The zero-order valence-electron chi connectivity index (χ0n) is 48.9. The van der Waals surface area contributed by atoms with Gasteiger partial charge in [0.1, 0.15) is 13.2 Å². The first-order valence-corrected chi connectivity index (χ1v) is 32.1. The van der Waals surface area contributed by atoms with Crippen LogP contribution in [0.4, 0.5) is 0 Å². The monoisotopic (exact) mass is 1020 g/mol. The van der Waals surface area contributed by atoms with E-state index in [9.17, 15) is 14.4 Å². The molecule has 0 aromatic carbocycles. The van der Waals surface area contributed by atoms with Crippen molar-refractivity contribution in [2.45, 2.75) is 348 Å². The van der Waals surface area contributed by atoms with Crippen molar-refractivity contribution in [2.24, 2.45) is 0 Å². The Bertz CT molecular complexity index is 1270. The van der Waals surface area contributed by atoms with E-state index in [4.69, 9.17) is 14.2 Å². The molecule has 6 nitrogen and oxygen atoms in total. The minimum atomic E-state index is -0.776. The van der Waals surface area contributed by atoms with Crippen LogP contribution in [0.1, 0.15) is 342 Å². The summed E-state index contributed by atoms with van der Waals surface area (Å²) in [5.74, 6) is -0.861. The minimum absolute atomic E-state index is 0.0725. The van der Waals surface area contributed by atoms with E-state index in [1.807, 2.05) is 0 Å². The normalized spacial score (nSPS) is 12.3. The molecule has 1 unspecified atom stereocenters. The lowest BCUT2D eigenvalue weighted by Gasteiger charge is -2.18. The number of carbonyl (C=O) groups excluding carboxylic acids is 3. The Labute approximate surface area is 454 Å². The highest BCUT2D eigenvalue weighted by atomic mass is 16.6. The van der Waals surface area contributed by atoms with Gasteiger partial charge in [-0.1, -0.05) is 288 Å². The predicted octanol–water partition coefficient (Wildman–Crippen LogP) is 21.8. The number of carbonyl (C=O) groups is 3. The van der Waals surface area contributed by atoms with Crippen molar-refractivity contribution in [1.82, 2.24) is 0 Å². The third-order valence-electron chi connectivity index (χ3n) is 14.3. The van der Waals surface area contributed by atoms with Crippen LogP contribution in [-0.4, -0.2) is 37.2 Å². The van der Waals surface area contributed by atoms with Gasteiger partial charge >= 0.3 is 17.9 Å². The van der Waals surface area contributed by atoms with E-state index in [1.165, 1.54) is 231 Å². The molecule has 426 valence electrons. The highest BCUT2D eigenvalue weighted by Gasteiger charge is 2.19. The van der Waals surface area contributed by atoms with E-state index in [0.29, 0.717) is 19.3 Å². The summed E-state index contributed by atoms with van der Waals surface area (Å²) in [4.78, 5) is 38.3. The second kappa shape index (κ2) is 61.9. The molecular formula is C67H122O6. The van der Waals surface area contributed by atoms with Crippen LogP contribution in [0.25, 0.3) is 0 Å². The van der Waals surface area contributed by atoms with Crippen molar-refractivity contribution >= 4 is 17.9 Å². The molecular weight excluding hydrogens is 901 g/mol. The van der Waals surface area contributed by atoms with Crippen LogP contribution in [0.2, 0.25) is 0 Å². The van der Waals surface area contributed by atoms with Gasteiger partial charge < -0.3 is 14.2 Å². The lowest BCUT2D eigenvalue weighted by molar-refractivity contribution is -0.167. The first-order chi connectivity index (χ1) is 36.0. The number of unbranched alkanes of at least 4 members (excludes halogenated alkanes) is 40. The maximum atomic E-state index is 12.9. The molecule has 0 amide bonds. The number of allylic oxidation sites excluding steroid dienone is 8. The third-order valence-corrected chi connectivity index (χ3v) is 14.3. The average Bonchev–Trinajstić information content (AvgIpc) is 3.39. The number of ether oxygens (including phenoxy) is 3. The van der Waals surface area contributed by atoms with E-state index in [1.54, 1.807) is 0 Å². The van der Waals surface area contributed by atoms with Crippen molar-refractivity contribution in [3.63, 3.8) is 0 Å². The predicted molar refractivity (Wildman–Crippen MR) is 316 cm³/mol. The largest absolute Gasteiger partial charge is 0.462 e. The van der Waals surface area contributed by atoms with Crippen molar-refractivity contribution < 1.29 is 28.6 Å². The van der Waals surface area contributed by atoms with E-state index in [2.05, 4.69) is 69.4 Å². The van der Waals surface area contributed by atoms with Crippen molar-refractivity contribution in [3.05, 3.63) is 48.6 Å². The smallest absolute Gasteiger partial charge is 0.306 e. The molecule has 73 heavy (non-hydrogen) atoms. The maximum absolute atomic E-state index is 12.9. The fraction of sp³-hybridized carbons (Fsp3) is 0.836. The number of hydrogen-bond donors (Lipinski definition) is 0. The molecule has 0 aliphatic rings. The second-order valence-electron chi connectivity index (χ2n) is 21.7. The summed E-state index contributed by atoms with van der Waals surface area (Å²) < 4.78 is 16.9. The zero-order valence-corrected chi connectivity index (χ0v) is 48.9. The van der Waals surface area contributed by atoms with Gasteiger partial charge in [0.05, 0.1) is 0 Å². The van der Waals surface area contributed by atoms with Gasteiger partial charge in [-0.3, -0.25) is 14.4 Å². The van der Waals surface area contributed by atoms with Gasteiger partial charge in [-0.15, -0.1) is 0 Å². The van der Waals surface area contributed by atoms with Crippen LogP contribution in [0.15, 0.2) is 48.6 Å². The lowest BCUT2D eigenvalue weighted by atomic mass is 10.0. The molecule has 0 radical (unpaired) electrons. The average molecular weight is 1020 g/mol. The van der Waals surface area contributed by atoms with Gasteiger partial charge in [0.25, 0.3) is 0 Å². The SMILES string of the molecule is CCCCCCC/C=C\C/C=C\CCCCCCCCCCCC(=O)OCC(COC(=O)CCCCCCCCCCCCCCC)OC(=O)CCCCCCCCCCC/C=C\C/C=C\CCCCCCC. The minimum Gasteiger partial charge on any atom is -0.462 e. The summed E-state index contributed by atoms with van der Waals surface area (Å²) in [5.41, 5.74) is 0. The first-order valence-electron chi connectivity index (χ1n) is 32.1. The molecule has 0 bridgehead atoms. The summed E-state index contributed by atoms with van der Waals surface area (Å²) in [6, 6.07) is 0. The van der Waals surface area contributed by atoms with Crippen LogP contribution in [0.5, 0.6) is 0 Å². The Hall–Kier alpha value is -2.63. The van der Waals surface area contributed by atoms with Crippen molar-refractivity contribution in [3.8, 4) is 0 Å². The molecule has 0 saturated carbocycles. The van der Waals surface area contributed by atoms with Crippen molar-refractivity contribution in [2.75, 3.05) is 13.2 Å². The van der Waals surface area contributed by atoms with Crippen molar-refractivity contribution in [1.29, 1.82) is 0 Å². The zero-order chi connectivity index (χ0) is 52.9.